The molecule has 150 valence electrons. The molecular weight excluding hydrogens is 336 g/mol. The summed E-state index contributed by atoms with van der Waals surface area (Å²) in [7, 11) is 0. The van der Waals surface area contributed by atoms with Gasteiger partial charge < -0.3 is 9.84 Å². The van der Waals surface area contributed by atoms with Gasteiger partial charge in [-0.3, -0.25) is 4.79 Å². The average molecular weight is 373 g/mol. The van der Waals surface area contributed by atoms with Crippen molar-refractivity contribution in [1.82, 2.24) is 0 Å². The van der Waals surface area contributed by atoms with E-state index in [1.807, 2.05) is 13.8 Å². The molecule has 1 aromatic carbocycles. The Labute approximate surface area is 164 Å². The van der Waals surface area contributed by atoms with Gasteiger partial charge in [0.25, 0.3) is 0 Å². The highest BCUT2D eigenvalue weighted by Crippen LogP contribution is 2.54. The van der Waals surface area contributed by atoms with Crippen molar-refractivity contribution in [3.05, 3.63) is 29.3 Å². The van der Waals surface area contributed by atoms with Crippen molar-refractivity contribution < 1.29 is 14.6 Å². The number of unbranched alkanes of at least 4 members (excludes halogenated alkanes) is 3. The van der Waals surface area contributed by atoms with E-state index in [0.29, 0.717) is 19.3 Å². The van der Waals surface area contributed by atoms with E-state index in [4.69, 9.17) is 4.74 Å². The Morgan fingerprint density at radius 2 is 1.96 bits per heavy atom. The molecule has 0 unspecified atom stereocenters. The van der Waals surface area contributed by atoms with Crippen LogP contribution in [0.2, 0.25) is 0 Å². The summed E-state index contributed by atoms with van der Waals surface area (Å²) in [5.41, 5.74) is 0.684. The molecule has 27 heavy (non-hydrogen) atoms. The number of carbonyl (C=O) groups excluding carboxylic acids is 1. The number of fused-ring (bicyclic) bond motifs is 3. The molecule has 1 N–H and O–H groups in total. The third kappa shape index (κ3) is 3.68. The average Bonchev–Trinajstić information content (AvgIpc) is 2.60. The SMILES string of the molecule is CCCCCCC(C)(C)c1ccc2c(c1)OC(C)(C)[C@@]1(O)CCC(=O)C[C@H]21. The first-order chi connectivity index (χ1) is 12.6. The number of ketones is 1. The molecule has 1 aliphatic carbocycles. The van der Waals surface area contributed by atoms with E-state index in [1.54, 1.807) is 0 Å². The van der Waals surface area contributed by atoms with E-state index in [-0.39, 0.29) is 17.1 Å². The van der Waals surface area contributed by atoms with Gasteiger partial charge >= 0.3 is 0 Å². The second-order valence-electron chi connectivity index (χ2n) is 9.78. The summed E-state index contributed by atoms with van der Waals surface area (Å²) in [5, 5.41) is 11.4. The lowest BCUT2D eigenvalue weighted by molar-refractivity contribution is -0.166. The predicted molar refractivity (Wildman–Crippen MR) is 109 cm³/mol. The quantitative estimate of drug-likeness (QED) is 0.654. The van der Waals surface area contributed by atoms with Crippen molar-refractivity contribution in [2.45, 2.75) is 109 Å². The Kier molecular flexibility index (Phi) is 5.46. The molecule has 0 spiro atoms. The molecular formula is C24H36O3. The normalized spacial score (nSPS) is 26.9. The lowest BCUT2D eigenvalue weighted by atomic mass is 9.62. The van der Waals surface area contributed by atoms with Crippen LogP contribution in [0.25, 0.3) is 0 Å². The monoisotopic (exact) mass is 372 g/mol. The smallest absolute Gasteiger partial charge is 0.133 e. The molecule has 1 fully saturated rings. The highest BCUT2D eigenvalue weighted by molar-refractivity contribution is 5.81. The fraction of sp³-hybridized carbons (Fsp3) is 0.708. The van der Waals surface area contributed by atoms with Crippen molar-refractivity contribution in [1.29, 1.82) is 0 Å². The van der Waals surface area contributed by atoms with Crippen molar-refractivity contribution in [3.63, 3.8) is 0 Å². The zero-order valence-corrected chi connectivity index (χ0v) is 17.7. The highest BCUT2D eigenvalue weighted by Gasteiger charge is 2.57. The van der Waals surface area contributed by atoms with Crippen LogP contribution in [-0.2, 0) is 10.2 Å². The van der Waals surface area contributed by atoms with Crippen LogP contribution in [0.3, 0.4) is 0 Å². The fourth-order valence-corrected chi connectivity index (χ4v) is 4.92. The van der Waals surface area contributed by atoms with Gasteiger partial charge in [-0.1, -0.05) is 58.6 Å². The Morgan fingerprint density at radius 3 is 2.67 bits per heavy atom. The van der Waals surface area contributed by atoms with E-state index >= 15 is 0 Å². The van der Waals surface area contributed by atoms with Gasteiger partial charge in [0.2, 0.25) is 0 Å². The molecule has 1 aliphatic heterocycles. The number of Topliss-reactive ketones (excluding diaryl/α,β-unsaturated/α-hetero) is 1. The maximum Gasteiger partial charge on any atom is 0.133 e. The number of ether oxygens (including phenoxy) is 1. The Balaban J connectivity index is 1.90. The van der Waals surface area contributed by atoms with E-state index in [9.17, 15) is 9.90 Å². The lowest BCUT2D eigenvalue weighted by Crippen LogP contribution is -2.62. The fourth-order valence-electron chi connectivity index (χ4n) is 4.92. The largest absolute Gasteiger partial charge is 0.485 e. The first kappa shape index (κ1) is 20.4. The first-order valence-corrected chi connectivity index (χ1v) is 10.7. The van der Waals surface area contributed by atoms with Gasteiger partial charge in [-0.05, 0) is 43.7 Å². The van der Waals surface area contributed by atoms with Crippen molar-refractivity contribution >= 4 is 5.78 Å². The molecule has 1 saturated carbocycles. The standard InChI is InChI=1S/C24H36O3/c1-6-7-8-9-13-22(2,3)17-10-11-19-20-16-18(25)12-14-24(20,26)23(4,5)27-21(19)15-17/h10-11,15,20,26H,6-9,12-14,16H2,1-5H3/t20-,24-/m1/s1. The van der Waals surface area contributed by atoms with Gasteiger partial charge in [0.05, 0.1) is 0 Å². The highest BCUT2D eigenvalue weighted by atomic mass is 16.5. The zero-order valence-electron chi connectivity index (χ0n) is 17.7. The van der Waals surface area contributed by atoms with Gasteiger partial charge in [-0.2, -0.15) is 0 Å². The molecule has 0 aromatic heterocycles. The number of rotatable bonds is 6. The van der Waals surface area contributed by atoms with Crippen LogP contribution >= 0.6 is 0 Å². The number of hydrogen-bond donors (Lipinski definition) is 1. The number of benzene rings is 1. The molecule has 3 nitrogen and oxygen atoms in total. The summed E-state index contributed by atoms with van der Waals surface area (Å²) in [5.74, 6) is 0.927. The van der Waals surface area contributed by atoms with Crippen LogP contribution in [0.15, 0.2) is 18.2 Å². The van der Waals surface area contributed by atoms with Crippen LogP contribution in [0.1, 0.15) is 103 Å². The zero-order chi connectivity index (χ0) is 19.9. The summed E-state index contributed by atoms with van der Waals surface area (Å²) >= 11 is 0. The lowest BCUT2D eigenvalue weighted by Gasteiger charge is -2.53. The second-order valence-corrected chi connectivity index (χ2v) is 9.78. The van der Waals surface area contributed by atoms with Crippen molar-refractivity contribution in [2.75, 3.05) is 0 Å². The van der Waals surface area contributed by atoms with Crippen molar-refractivity contribution in [3.8, 4) is 5.75 Å². The minimum atomic E-state index is -0.981. The molecule has 3 rings (SSSR count). The predicted octanol–water partition coefficient (Wildman–Crippen LogP) is 5.67. The van der Waals surface area contributed by atoms with Gasteiger partial charge in [0.15, 0.2) is 0 Å². The molecule has 0 amide bonds. The molecule has 2 atom stereocenters. The van der Waals surface area contributed by atoms with Crippen LogP contribution in [0.4, 0.5) is 0 Å². The van der Waals surface area contributed by atoms with Crippen molar-refractivity contribution in [2.24, 2.45) is 0 Å². The van der Waals surface area contributed by atoms with Crippen LogP contribution in [0.5, 0.6) is 5.75 Å². The minimum absolute atomic E-state index is 0.0897. The molecule has 3 heteroatoms. The summed E-state index contributed by atoms with van der Waals surface area (Å²) in [6, 6.07) is 6.44. The van der Waals surface area contributed by atoms with E-state index < -0.39 is 11.2 Å². The number of aliphatic hydroxyl groups is 1. The number of carbonyl (C=O) groups is 1. The summed E-state index contributed by atoms with van der Waals surface area (Å²) in [6.45, 7) is 10.8. The molecule has 0 saturated heterocycles. The number of hydrogen-bond acceptors (Lipinski definition) is 3. The van der Waals surface area contributed by atoms with Gasteiger partial charge in [0.1, 0.15) is 22.7 Å². The van der Waals surface area contributed by atoms with Crippen LogP contribution in [-0.4, -0.2) is 22.1 Å². The summed E-state index contributed by atoms with van der Waals surface area (Å²) < 4.78 is 6.34. The Morgan fingerprint density at radius 1 is 1.22 bits per heavy atom. The maximum absolute atomic E-state index is 12.1. The third-order valence-electron chi connectivity index (χ3n) is 7.03. The van der Waals surface area contributed by atoms with Gasteiger partial charge in [-0.25, -0.2) is 0 Å². The van der Waals surface area contributed by atoms with E-state index in [2.05, 4.69) is 39.0 Å². The molecule has 0 bridgehead atoms. The third-order valence-corrected chi connectivity index (χ3v) is 7.03. The first-order valence-electron chi connectivity index (χ1n) is 10.7. The van der Waals surface area contributed by atoms with Gasteiger partial charge in [-0.15, -0.1) is 0 Å². The molecule has 0 radical (unpaired) electrons. The second kappa shape index (κ2) is 7.24. The minimum Gasteiger partial charge on any atom is -0.485 e. The maximum atomic E-state index is 12.1. The van der Waals surface area contributed by atoms with E-state index in [1.165, 1.54) is 31.2 Å². The van der Waals surface area contributed by atoms with Crippen LogP contribution < -0.4 is 4.74 Å². The Bertz CT molecular complexity index is 704. The molecule has 2 aliphatic rings. The summed E-state index contributed by atoms with van der Waals surface area (Å²) in [4.78, 5) is 12.1. The van der Waals surface area contributed by atoms with Crippen LogP contribution in [0, 0.1) is 0 Å². The topological polar surface area (TPSA) is 46.5 Å². The summed E-state index contributed by atoms with van der Waals surface area (Å²) in [6.07, 6.45) is 7.56. The molecule has 1 aromatic rings. The van der Waals surface area contributed by atoms with E-state index in [0.717, 1.165) is 17.7 Å². The Hall–Kier alpha value is -1.35. The molecule has 1 heterocycles. The van der Waals surface area contributed by atoms with Gasteiger partial charge in [0, 0.05) is 24.3 Å².